The Morgan fingerprint density at radius 1 is 1.48 bits per heavy atom. The van der Waals surface area contributed by atoms with Gasteiger partial charge in [-0.2, -0.15) is 5.26 Å². The van der Waals surface area contributed by atoms with Crippen molar-refractivity contribution >= 4 is 17.7 Å². The maximum Gasteiger partial charge on any atom is 0.325 e. The lowest BCUT2D eigenvalue weighted by atomic mass is 9.89. The number of carbonyl (C=O) groups excluding carboxylic acids is 1. The Bertz CT molecular complexity index is 440. The molecule has 0 aliphatic carbocycles. The number of nitriles is 1. The van der Waals surface area contributed by atoms with E-state index in [0.29, 0.717) is 25.2 Å². The topological polar surface area (TPSA) is 155 Å². The molecular weight excluding hydrogens is 274 g/mol. The Labute approximate surface area is 124 Å². The van der Waals surface area contributed by atoms with Crippen molar-refractivity contribution in [2.45, 2.75) is 51.1 Å². The van der Waals surface area contributed by atoms with E-state index in [9.17, 15) is 9.59 Å². The van der Waals surface area contributed by atoms with E-state index in [0.717, 1.165) is 0 Å². The highest BCUT2D eigenvalue weighted by Gasteiger charge is 2.34. The van der Waals surface area contributed by atoms with Crippen molar-refractivity contribution in [1.29, 1.82) is 5.26 Å². The fourth-order valence-electron chi connectivity index (χ4n) is 1.63. The number of nitrogens with zero attached hydrogens (tertiary/aromatic N) is 2. The summed E-state index contributed by atoms with van der Waals surface area (Å²) in [6, 6.07) is 0.818. The first-order valence-electron chi connectivity index (χ1n) is 6.69. The third kappa shape index (κ3) is 7.27. The lowest BCUT2D eigenvalue weighted by Gasteiger charge is -2.26. The number of aliphatic carboxylic acids is 1. The summed E-state index contributed by atoms with van der Waals surface area (Å²) in [5.41, 5.74) is 9.97. The van der Waals surface area contributed by atoms with Gasteiger partial charge in [-0.05, 0) is 33.1 Å². The van der Waals surface area contributed by atoms with Gasteiger partial charge < -0.3 is 21.9 Å². The van der Waals surface area contributed by atoms with Crippen LogP contribution in [-0.2, 0) is 9.59 Å². The second-order valence-corrected chi connectivity index (χ2v) is 5.00. The maximum atomic E-state index is 12.0. The van der Waals surface area contributed by atoms with Crippen molar-refractivity contribution in [1.82, 2.24) is 5.32 Å². The number of rotatable bonds is 9. The molecule has 0 aliphatic heterocycles. The fourth-order valence-corrected chi connectivity index (χ4v) is 1.63. The van der Waals surface area contributed by atoms with E-state index in [1.54, 1.807) is 6.92 Å². The van der Waals surface area contributed by atoms with E-state index in [1.807, 2.05) is 6.07 Å². The van der Waals surface area contributed by atoms with Gasteiger partial charge in [0.1, 0.15) is 11.6 Å². The molecular formula is C13H23N5O3. The molecule has 0 aliphatic rings. The molecule has 2 atom stereocenters. The largest absolute Gasteiger partial charge is 0.480 e. The van der Waals surface area contributed by atoms with Crippen molar-refractivity contribution in [2.75, 3.05) is 6.54 Å². The molecule has 0 saturated heterocycles. The second-order valence-electron chi connectivity index (χ2n) is 5.00. The Morgan fingerprint density at radius 2 is 2.10 bits per heavy atom. The van der Waals surface area contributed by atoms with E-state index in [4.69, 9.17) is 21.8 Å². The van der Waals surface area contributed by atoms with Gasteiger partial charge in [0, 0.05) is 6.54 Å². The lowest BCUT2D eigenvalue weighted by Crippen LogP contribution is -2.56. The third-order valence-electron chi connectivity index (χ3n) is 2.96. The van der Waals surface area contributed by atoms with Gasteiger partial charge in [0.25, 0.3) is 0 Å². The summed E-state index contributed by atoms with van der Waals surface area (Å²) in [5, 5.41) is 19.9. The van der Waals surface area contributed by atoms with E-state index >= 15 is 0 Å². The van der Waals surface area contributed by atoms with Crippen LogP contribution in [0.25, 0.3) is 0 Å². The van der Waals surface area contributed by atoms with Crippen molar-refractivity contribution in [3.63, 3.8) is 0 Å². The van der Waals surface area contributed by atoms with E-state index in [1.165, 1.54) is 6.92 Å². The molecule has 0 radical (unpaired) electrons. The van der Waals surface area contributed by atoms with E-state index in [2.05, 4.69) is 10.3 Å². The minimum absolute atomic E-state index is 0.176. The molecule has 118 valence electrons. The predicted octanol–water partition coefficient (Wildman–Crippen LogP) is -0.266. The van der Waals surface area contributed by atoms with E-state index in [-0.39, 0.29) is 12.8 Å². The minimum atomic E-state index is -1.39. The molecule has 0 bridgehead atoms. The van der Waals surface area contributed by atoms with E-state index < -0.39 is 23.5 Å². The maximum absolute atomic E-state index is 12.0. The fraction of sp³-hybridized carbons (Fsp3) is 0.692. The summed E-state index contributed by atoms with van der Waals surface area (Å²) in [6.45, 7) is 3.55. The monoisotopic (exact) mass is 297 g/mol. The first-order chi connectivity index (χ1) is 9.73. The summed E-state index contributed by atoms with van der Waals surface area (Å²) in [5.74, 6) is -1.30. The quantitative estimate of drug-likeness (QED) is 0.261. The Balaban J connectivity index is 4.54. The van der Waals surface area contributed by atoms with Crippen LogP contribution in [0.2, 0.25) is 0 Å². The molecule has 2 unspecified atom stereocenters. The van der Waals surface area contributed by atoms with Gasteiger partial charge in [0.2, 0.25) is 5.91 Å². The van der Waals surface area contributed by atoms with Crippen LogP contribution in [-0.4, -0.2) is 40.9 Å². The minimum Gasteiger partial charge on any atom is -0.480 e. The summed E-state index contributed by atoms with van der Waals surface area (Å²) in [4.78, 5) is 26.8. The SMILES string of the molecule is CC(N)=NCCCCC(N)(CC#N)C(=O)NC(C)C(=O)O. The van der Waals surface area contributed by atoms with Crippen LogP contribution in [0, 0.1) is 11.3 Å². The number of unbranched alkanes of at least 4 members (excludes halogenated alkanes) is 1. The summed E-state index contributed by atoms with van der Waals surface area (Å²) < 4.78 is 0. The van der Waals surface area contributed by atoms with Gasteiger partial charge in [0.05, 0.1) is 18.3 Å². The number of carboxylic acids is 1. The standard InChI is InChI=1S/C13H23N5O3/c1-9(11(19)20)18-12(21)13(16,6-7-14)5-3-4-8-17-10(2)15/h9H,3-6,8,16H2,1-2H3,(H2,15,17)(H,18,21)(H,19,20). The van der Waals surface area contributed by atoms with Crippen molar-refractivity contribution in [3.05, 3.63) is 0 Å². The zero-order valence-electron chi connectivity index (χ0n) is 12.4. The number of amides is 1. The van der Waals surface area contributed by atoms with Crippen LogP contribution in [0.1, 0.15) is 39.5 Å². The zero-order valence-corrected chi connectivity index (χ0v) is 12.4. The Morgan fingerprint density at radius 3 is 2.57 bits per heavy atom. The highest BCUT2D eigenvalue weighted by molar-refractivity contribution is 5.90. The highest BCUT2D eigenvalue weighted by Crippen LogP contribution is 2.16. The Kier molecular flexibility index (Phi) is 8.01. The van der Waals surface area contributed by atoms with Gasteiger partial charge in [-0.15, -0.1) is 0 Å². The molecule has 0 aromatic rings. The third-order valence-corrected chi connectivity index (χ3v) is 2.96. The van der Waals surface area contributed by atoms with Crippen LogP contribution >= 0.6 is 0 Å². The molecule has 0 heterocycles. The number of carbonyl (C=O) groups is 2. The number of hydrogen-bond acceptors (Lipinski definition) is 5. The molecule has 0 rings (SSSR count). The van der Waals surface area contributed by atoms with Crippen LogP contribution in [0.4, 0.5) is 0 Å². The molecule has 8 heteroatoms. The predicted molar refractivity (Wildman–Crippen MR) is 78.4 cm³/mol. The molecule has 21 heavy (non-hydrogen) atoms. The van der Waals surface area contributed by atoms with Crippen LogP contribution in [0.5, 0.6) is 0 Å². The summed E-state index contributed by atoms with van der Waals surface area (Å²) in [6.07, 6.45) is 1.37. The lowest BCUT2D eigenvalue weighted by molar-refractivity contribution is -0.142. The van der Waals surface area contributed by atoms with Gasteiger partial charge >= 0.3 is 5.97 Å². The van der Waals surface area contributed by atoms with Crippen molar-refractivity contribution in [2.24, 2.45) is 16.5 Å². The normalized spacial score (nSPS) is 15.6. The average Bonchev–Trinajstić information content (AvgIpc) is 2.37. The van der Waals surface area contributed by atoms with Gasteiger partial charge in [-0.25, -0.2) is 0 Å². The van der Waals surface area contributed by atoms with Crippen LogP contribution < -0.4 is 16.8 Å². The second kappa shape index (κ2) is 8.92. The summed E-state index contributed by atoms with van der Waals surface area (Å²) >= 11 is 0. The smallest absolute Gasteiger partial charge is 0.325 e. The Hall–Kier alpha value is -2.14. The highest BCUT2D eigenvalue weighted by atomic mass is 16.4. The number of nitrogens with one attached hydrogen (secondary N) is 1. The molecule has 0 aromatic carbocycles. The number of amidine groups is 1. The number of nitrogens with two attached hydrogens (primary N) is 2. The van der Waals surface area contributed by atoms with Gasteiger partial charge in [-0.1, -0.05) is 0 Å². The average molecular weight is 297 g/mol. The van der Waals surface area contributed by atoms with Gasteiger partial charge in [-0.3, -0.25) is 14.6 Å². The molecule has 6 N–H and O–H groups in total. The van der Waals surface area contributed by atoms with Crippen molar-refractivity contribution in [3.8, 4) is 6.07 Å². The zero-order chi connectivity index (χ0) is 16.5. The number of aliphatic imine (C=N–C) groups is 1. The molecule has 0 aromatic heterocycles. The molecule has 0 spiro atoms. The molecule has 8 nitrogen and oxygen atoms in total. The molecule has 0 fully saturated rings. The summed E-state index contributed by atoms with van der Waals surface area (Å²) in [7, 11) is 0. The van der Waals surface area contributed by atoms with Crippen LogP contribution in [0.3, 0.4) is 0 Å². The van der Waals surface area contributed by atoms with Gasteiger partial charge in [0.15, 0.2) is 0 Å². The first kappa shape index (κ1) is 18.9. The first-order valence-corrected chi connectivity index (χ1v) is 6.69. The number of carboxylic acid groups (broad SMARTS) is 1. The van der Waals surface area contributed by atoms with Crippen molar-refractivity contribution < 1.29 is 14.7 Å². The number of hydrogen-bond donors (Lipinski definition) is 4. The van der Waals surface area contributed by atoms with Crippen LogP contribution in [0.15, 0.2) is 4.99 Å². The molecule has 0 saturated carbocycles. The molecule has 1 amide bonds.